The van der Waals surface area contributed by atoms with Gasteiger partial charge in [0.1, 0.15) is 4.99 Å². The fraction of sp³-hybridized carbons (Fsp3) is 0.273. The van der Waals surface area contributed by atoms with Crippen molar-refractivity contribution in [1.82, 2.24) is 0 Å². The van der Waals surface area contributed by atoms with Crippen LogP contribution < -0.4 is 16.8 Å². The molecule has 0 aliphatic carbocycles. The van der Waals surface area contributed by atoms with Gasteiger partial charge in [-0.1, -0.05) is 23.8 Å². The second-order valence-electron chi connectivity index (χ2n) is 3.77. The molecule has 0 saturated heterocycles. The van der Waals surface area contributed by atoms with Crippen molar-refractivity contribution in [2.75, 3.05) is 5.32 Å². The Morgan fingerprint density at radius 1 is 1.53 bits per heavy atom. The summed E-state index contributed by atoms with van der Waals surface area (Å²) in [6, 6.07) is 5.20. The van der Waals surface area contributed by atoms with E-state index < -0.39 is 0 Å². The number of hydrogen-bond donors (Lipinski definition) is 3. The number of carbonyl (C=O) groups excluding carboxylic acids is 1. The van der Waals surface area contributed by atoms with Gasteiger partial charge < -0.3 is 16.8 Å². The normalized spacial score (nSPS) is 11.9. The lowest BCUT2D eigenvalue weighted by Gasteiger charge is -2.14. The highest BCUT2D eigenvalue weighted by Crippen LogP contribution is 2.21. The Morgan fingerprint density at radius 3 is 2.65 bits per heavy atom. The van der Waals surface area contributed by atoms with E-state index >= 15 is 0 Å². The zero-order valence-corrected chi connectivity index (χ0v) is 10.9. The first kappa shape index (κ1) is 13.7. The van der Waals surface area contributed by atoms with Gasteiger partial charge in [0.2, 0.25) is 5.91 Å². The molecule has 1 unspecified atom stereocenters. The summed E-state index contributed by atoms with van der Waals surface area (Å²) in [5.41, 5.74) is 12.0. The van der Waals surface area contributed by atoms with Crippen LogP contribution >= 0.6 is 23.8 Å². The number of nitrogens with one attached hydrogen (secondary N) is 1. The van der Waals surface area contributed by atoms with Gasteiger partial charge in [-0.2, -0.15) is 0 Å². The van der Waals surface area contributed by atoms with Gasteiger partial charge in [-0.15, -0.1) is 0 Å². The molecule has 1 rings (SSSR count). The molecule has 0 aliphatic heterocycles. The smallest absolute Gasteiger partial charge is 0.219 e. The second-order valence-corrected chi connectivity index (χ2v) is 4.62. The Kier molecular flexibility index (Phi) is 4.72. The highest BCUT2D eigenvalue weighted by Gasteiger charge is 2.08. The Bertz CT molecular complexity index is 450. The number of amides is 1. The average molecular weight is 272 g/mol. The minimum atomic E-state index is -0.351. The van der Waals surface area contributed by atoms with E-state index in [-0.39, 0.29) is 23.4 Å². The molecule has 1 amide bonds. The van der Waals surface area contributed by atoms with E-state index in [2.05, 4.69) is 5.32 Å². The molecule has 5 N–H and O–H groups in total. The quantitative estimate of drug-likeness (QED) is 0.712. The zero-order valence-electron chi connectivity index (χ0n) is 9.37. The maximum absolute atomic E-state index is 10.7. The minimum Gasteiger partial charge on any atom is -0.389 e. The van der Waals surface area contributed by atoms with E-state index in [0.29, 0.717) is 10.6 Å². The van der Waals surface area contributed by atoms with Crippen molar-refractivity contribution >= 4 is 40.4 Å². The van der Waals surface area contributed by atoms with E-state index in [9.17, 15) is 4.79 Å². The van der Waals surface area contributed by atoms with E-state index in [1.54, 1.807) is 18.2 Å². The Morgan fingerprint density at radius 2 is 2.18 bits per heavy atom. The number of rotatable bonds is 5. The van der Waals surface area contributed by atoms with Crippen LogP contribution in [0.3, 0.4) is 0 Å². The third-order valence-corrected chi connectivity index (χ3v) is 2.69. The summed E-state index contributed by atoms with van der Waals surface area (Å²) < 4.78 is 0. The molecule has 17 heavy (non-hydrogen) atoms. The molecular weight excluding hydrogens is 258 g/mol. The summed E-state index contributed by atoms with van der Waals surface area (Å²) >= 11 is 10.9. The van der Waals surface area contributed by atoms with Crippen molar-refractivity contribution in [2.45, 2.75) is 19.4 Å². The first-order chi connectivity index (χ1) is 7.90. The van der Waals surface area contributed by atoms with Crippen molar-refractivity contribution in [3.63, 3.8) is 0 Å². The van der Waals surface area contributed by atoms with Crippen LogP contribution in [-0.4, -0.2) is 16.9 Å². The molecule has 0 aromatic heterocycles. The maximum Gasteiger partial charge on any atom is 0.219 e. The van der Waals surface area contributed by atoms with Gasteiger partial charge in [-0.05, 0) is 25.1 Å². The fourth-order valence-corrected chi connectivity index (χ4v) is 1.96. The molecule has 0 radical (unpaired) electrons. The topological polar surface area (TPSA) is 81.1 Å². The minimum absolute atomic E-state index is 0.0563. The van der Waals surface area contributed by atoms with Crippen LogP contribution in [0.25, 0.3) is 0 Å². The van der Waals surface area contributed by atoms with Crippen molar-refractivity contribution in [3.8, 4) is 0 Å². The third kappa shape index (κ3) is 4.20. The lowest BCUT2D eigenvalue weighted by atomic mass is 10.1. The zero-order chi connectivity index (χ0) is 13.0. The predicted octanol–water partition coefficient (Wildman–Crippen LogP) is 1.65. The summed E-state index contributed by atoms with van der Waals surface area (Å²) in [6.07, 6.45) is 0.259. The Labute approximate surface area is 110 Å². The van der Waals surface area contributed by atoms with E-state index in [0.717, 1.165) is 5.69 Å². The van der Waals surface area contributed by atoms with Crippen LogP contribution in [0.15, 0.2) is 18.2 Å². The first-order valence-corrected chi connectivity index (χ1v) is 5.83. The van der Waals surface area contributed by atoms with Crippen molar-refractivity contribution in [2.24, 2.45) is 11.5 Å². The number of nitrogens with two attached hydrogens (primary N) is 2. The molecule has 92 valence electrons. The first-order valence-electron chi connectivity index (χ1n) is 5.04. The number of halogens is 1. The van der Waals surface area contributed by atoms with E-state index in [1.165, 1.54) is 0 Å². The molecule has 0 heterocycles. The molecule has 0 spiro atoms. The van der Waals surface area contributed by atoms with Gasteiger partial charge in [0.05, 0.1) is 5.02 Å². The van der Waals surface area contributed by atoms with Gasteiger partial charge in [0, 0.05) is 23.7 Å². The number of hydrogen-bond acceptors (Lipinski definition) is 3. The highest BCUT2D eigenvalue weighted by molar-refractivity contribution is 7.80. The summed E-state index contributed by atoms with van der Waals surface area (Å²) in [6.45, 7) is 1.86. The van der Waals surface area contributed by atoms with Gasteiger partial charge in [0.15, 0.2) is 0 Å². The number of primary amides is 1. The molecule has 0 fully saturated rings. The lowest BCUT2D eigenvalue weighted by Crippen LogP contribution is -2.24. The summed E-state index contributed by atoms with van der Waals surface area (Å²) in [7, 11) is 0. The van der Waals surface area contributed by atoms with E-state index in [4.69, 9.17) is 35.3 Å². The lowest BCUT2D eigenvalue weighted by molar-refractivity contribution is -0.118. The predicted molar refractivity (Wildman–Crippen MR) is 74.2 cm³/mol. The van der Waals surface area contributed by atoms with Crippen LogP contribution in [0.4, 0.5) is 5.69 Å². The molecule has 1 aromatic carbocycles. The molecule has 0 saturated carbocycles. The van der Waals surface area contributed by atoms with Crippen LogP contribution in [-0.2, 0) is 4.79 Å². The molecule has 1 atom stereocenters. The molecule has 1 aromatic rings. The maximum atomic E-state index is 10.7. The molecule has 6 heteroatoms. The van der Waals surface area contributed by atoms with Crippen LogP contribution in [0.2, 0.25) is 5.02 Å². The molecule has 0 aliphatic rings. The van der Waals surface area contributed by atoms with Gasteiger partial charge >= 0.3 is 0 Å². The highest BCUT2D eigenvalue weighted by atomic mass is 35.5. The van der Waals surface area contributed by atoms with Crippen molar-refractivity contribution < 1.29 is 4.79 Å². The van der Waals surface area contributed by atoms with Gasteiger partial charge in [0.25, 0.3) is 0 Å². The SMILES string of the molecule is CC(CC(N)=O)Nc1ccc(C(N)=S)c(Cl)c1. The Balaban J connectivity index is 2.77. The molecule has 0 bridgehead atoms. The molecule has 4 nitrogen and oxygen atoms in total. The monoisotopic (exact) mass is 271 g/mol. The molecular formula is C11H14ClN3OS. The van der Waals surface area contributed by atoms with Crippen LogP contribution in [0.5, 0.6) is 0 Å². The fourth-order valence-electron chi connectivity index (χ4n) is 1.44. The van der Waals surface area contributed by atoms with Gasteiger partial charge in [-0.25, -0.2) is 0 Å². The Hall–Kier alpha value is -1.33. The third-order valence-electron chi connectivity index (χ3n) is 2.15. The van der Waals surface area contributed by atoms with Crippen LogP contribution in [0, 0.1) is 0 Å². The number of carbonyl (C=O) groups is 1. The number of anilines is 1. The van der Waals surface area contributed by atoms with Crippen molar-refractivity contribution in [3.05, 3.63) is 28.8 Å². The van der Waals surface area contributed by atoms with Gasteiger partial charge in [-0.3, -0.25) is 4.79 Å². The second kappa shape index (κ2) is 5.84. The van der Waals surface area contributed by atoms with Crippen molar-refractivity contribution in [1.29, 1.82) is 0 Å². The van der Waals surface area contributed by atoms with E-state index in [1.807, 2.05) is 6.92 Å². The standard InChI is InChI=1S/C11H14ClN3OS/c1-6(4-10(13)16)15-7-2-3-8(11(14)17)9(12)5-7/h2-3,5-6,15H,4H2,1H3,(H2,13,16)(H2,14,17). The summed E-state index contributed by atoms with van der Waals surface area (Å²) in [5, 5.41) is 3.59. The average Bonchev–Trinajstić information content (AvgIpc) is 2.15. The van der Waals surface area contributed by atoms with Crippen LogP contribution in [0.1, 0.15) is 18.9 Å². The summed E-state index contributed by atoms with van der Waals surface area (Å²) in [4.78, 5) is 11.0. The largest absolute Gasteiger partial charge is 0.389 e. The number of benzene rings is 1. The summed E-state index contributed by atoms with van der Waals surface area (Å²) in [5.74, 6) is -0.351. The number of thiocarbonyl (C=S) groups is 1.